The van der Waals surface area contributed by atoms with E-state index in [9.17, 15) is 9.59 Å². The van der Waals surface area contributed by atoms with E-state index in [0.717, 1.165) is 19.3 Å². The van der Waals surface area contributed by atoms with Crippen LogP contribution in [0.5, 0.6) is 5.75 Å². The lowest BCUT2D eigenvalue weighted by molar-refractivity contribution is -0.127. The predicted octanol–water partition coefficient (Wildman–Crippen LogP) is 3.30. The molecule has 27 heavy (non-hydrogen) atoms. The van der Waals surface area contributed by atoms with E-state index in [1.54, 1.807) is 30.1 Å². The molecule has 6 nitrogen and oxygen atoms in total. The van der Waals surface area contributed by atoms with Crippen molar-refractivity contribution in [1.82, 2.24) is 10.2 Å². The second-order valence-corrected chi connectivity index (χ2v) is 7.80. The van der Waals surface area contributed by atoms with E-state index in [4.69, 9.17) is 16.3 Å². The zero-order valence-corrected chi connectivity index (χ0v) is 17.3. The Labute approximate surface area is 166 Å². The van der Waals surface area contributed by atoms with E-state index in [0.29, 0.717) is 22.4 Å². The molecule has 1 saturated carbocycles. The van der Waals surface area contributed by atoms with Gasteiger partial charge in [-0.1, -0.05) is 31.4 Å². The lowest BCUT2D eigenvalue weighted by Gasteiger charge is -2.32. The number of hydrogen-bond donors (Lipinski definition) is 2. The highest BCUT2D eigenvalue weighted by Crippen LogP contribution is 2.27. The number of halogens is 1. The smallest absolute Gasteiger partial charge is 0.238 e. The SMILES string of the molecule is COc1ccc(Cl)cc1NC(=O)CN(C)[C@H](C)C(=O)N[C@@H]1CCCC[C@@H]1C. The van der Waals surface area contributed by atoms with Crippen LogP contribution in [-0.2, 0) is 9.59 Å². The van der Waals surface area contributed by atoms with Crippen LogP contribution in [0.1, 0.15) is 39.5 Å². The quantitative estimate of drug-likeness (QED) is 0.743. The molecule has 0 saturated heterocycles. The van der Waals surface area contributed by atoms with Crippen molar-refractivity contribution in [3.05, 3.63) is 23.2 Å². The Balaban J connectivity index is 1.89. The molecular formula is C20H30ClN3O3. The van der Waals surface area contributed by atoms with Crippen molar-refractivity contribution in [2.75, 3.05) is 26.0 Å². The van der Waals surface area contributed by atoms with Gasteiger partial charge in [-0.3, -0.25) is 14.5 Å². The van der Waals surface area contributed by atoms with Gasteiger partial charge in [0.15, 0.2) is 0 Å². The van der Waals surface area contributed by atoms with Crippen LogP contribution in [0.25, 0.3) is 0 Å². The molecule has 2 rings (SSSR count). The lowest BCUT2D eigenvalue weighted by atomic mass is 9.86. The van der Waals surface area contributed by atoms with E-state index in [2.05, 4.69) is 17.6 Å². The van der Waals surface area contributed by atoms with Crippen molar-refractivity contribution in [2.24, 2.45) is 5.92 Å². The number of rotatable bonds is 7. The number of methoxy groups -OCH3 is 1. The summed E-state index contributed by atoms with van der Waals surface area (Å²) in [6, 6.07) is 4.86. The first-order valence-electron chi connectivity index (χ1n) is 9.45. The third-order valence-electron chi connectivity index (χ3n) is 5.31. The summed E-state index contributed by atoms with van der Waals surface area (Å²) in [5, 5.41) is 6.45. The van der Waals surface area contributed by atoms with Crippen LogP contribution in [0, 0.1) is 5.92 Å². The third kappa shape index (κ3) is 6.11. The fourth-order valence-corrected chi connectivity index (χ4v) is 3.54. The van der Waals surface area contributed by atoms with Gasteiger partial charge >= 0.3 is 0 Å². The second-order valence-electron chi connectivity index (χ2n) is 7.36. The minimum absolute atomic E-state index is 0.0376. The molecule has 1 aromatic rings. The fraction of sp³-hybridized carbons (Fsp3) is 0.600. The second kappa shape index (κ2) is 9.95. The molecule has 7 heteroatoms. The van der Waals surface area contributed by atoms with Gasteiger partial charge in [0.2, 0.25) is 11.8 Å². The van der Waals surface area contributed by atoms with Crippen molar-refractivity contribution in [2.45, 2.75) is 51.6 Å². The van der Waals surface area contributed by atoms with Gasteiger partial charge in [-0.15, -0.1) is 0 Å². The zero-order chi connectivity index (χ0) is 20.0. The number of nitrogens with zero attached hydrogens (tertiary/aromatic N) is 1. The Morgan fingerprint density at radius 2 is 2.04 bits per heavy atom. The molecule has 1 aromatic carbocycles. The van der Waals surface area contributed by atoms with Gasteiger partial charge in [-0.2, -0.15) is 0 Å². The molecule has 3 atom stereocenters. The molecule has 0 spiro atoms. The molecule has 2 N–H and O–H groups in total. The van der Waals surface area contributed by atoms with Gasteiger partial charge in [0, 0.05) is 11.1 Å². The van der Waals surface area contributed by atoms with E-state index in [1.807, 2.05) is 6.92 Å². The number of hydrogen-bond acceptors (Lipinski definition) is 4. The first-order chi connectivity index (χ1) is 12.8. The number of amides is 2. The summed E-state index contributed by atoms with van der Waals surface area (Å²) < 4.78 is 5.24. The highest BCUT2D eigenvalue weighted by atomic mass is 35.5. The molecule has 1 aliphatic rings. The molecule has 0 heterocycles. The molecular weight excluding hydrogens is 366 g/mol. The Kier molecular flexibility index (Phi) is 7.92. The largest absolute Gasteiger partial charge is 0.495 e. The third-order valence-corrected chi connectivity index (χ3v) is 5.54. The van der Waals surface area contributed by atoms with Crippen molar-refractivity contribution < 1.29 is 14.3 Å². The zero-order valence-electron chi connectivity index (χ0n) is 16.5. The summed E-state index contributed by atoms with van der Waals surface area (Å²) in [5.41, 5.74) is 0.511. The van der Waals surface area contributed by atoms with Crippen molar-refractivity contribution in [3.8, 4) is 5.75 Å². The highest BCUT2D eigenvalue weighted by Gasteiger charge is 2.27. The summed E-state index contributed by atoms with van der Waals surface area (Å²) in [7, 11) is 3.30. The average Bonchev–Trinajstić information content (AvgIpc) is 2.63. The topological polar surface area (TPSA) is 70.7 Å². The van der Waals surface area contributed by atoms with Crippen LogP contribution in [0.15, 0.2) is 18.2 Å². The lowest BCUT2D eigenvalue weighted by Crippen LogP contribution is -2.50. The first kappa shape index (κ1) is 21.5. The van der Waals surface area contributed by atoms with Crippen molar-refractivity contribution in [1.29, 1.82) is 0 Å². The minimum atomic E-state index is -0.397. The normalized spacial score (nSPS) is 20.8. The summed E-state index contributed by atoms with van der Waals surface area (Å²) in [6.07, 6.45) is 4.57. The summed E-state index contributed by atoms with van der Waals surface area (Å²) in [6.45, 7) is 4.09. The van der Waals surface area contributed by atoms with E-state index in [-0.39, 0.29) is 24.4 Å². The maximum Gasteiger partial charge on any atom is 0.238 e. The summed E-state index contributed by atoms with van der Waals surface area (Å²) >= 11 is 5.99. The van der Waals surface area contributed by atoms with Crippen LogP contribution in [0.2, 0.25) is 5.02 Å². The van der Waals surface area contributed by atoms with Crippen LogP contribution >= 0.6 is 11.6 Å². The number of ether oxygens (including phenoxy) is 1. The van der Waals surface area contributed by atoms with Gasteiger partial charge in [0.1, 0.15) is 5.75 Å². The first-order valence-corrected chi connectivity index (χ1v) is 9.83. The molecule has 1 aliphatic carbocycles. The molecule has 150 valence electrons. The van der Waals surface area contributed by atoms with Crippen molar-refractivity contribution in [3.63, 3.8) is 0 Å². The van der Waals surface area contributed by atoms with Gasteiger partial charge in [-0.25, -0.2) is 0 Å². The van der Waals surface area contributed by atoms with Gasteiger partial charge < -0.3 is 15.4 Å². The van der Waals surface area contributed by atoms with E-state index < -0.39 is 6.04 Å². The number of carbonyl (C=O) groups is 2. The van der Waals surface area contributed by atoms with Crippen LogP contribution in [0.3, 0.4) is 0 Å². The maximum absolute atomic E-state index is 12.6. The highest BCUT2D eigenvalue weighted by molar-refractivity contribution is 6.31. The van der Waals surface area contributed by atoms with Gasteiger partial charge in [-0.05, 0) is 50.9 Å². The van der Waals surface area contributed by atoms with E-state index in [1.165, 1.54) is 13.5 Å². The van der Waals surface area contributed by atoms with Crippen molar-refractivity contribution >= 4 is 29.1 Å². The van der Waals surface area contributed by atoms with Gasteiger partial charge in [0.25, 0.3) is 0 Å². The minimum Gasteiger partial charge on any atom is -0.495 e. The standard InChI is InChI=1S/C20H30ClN3O3/c1-13-7-5-6-8-16(13)23-20(26)14(2)24(3)12-19(25)22-17-11-15(21)9-10-18(17)27-4/h9-11,13-14,16H,5-8,12H2,1-4H3,(H,22,25)(H,23,26)/t13-,14+,16+/m0/s1. The Morgan fingerprint density at radius 3 is 2.70 bits per heavy atom. The molecule has 1 fully saturated rings. The maximum atomic E-state index is 12.6. The van der Waals surface area contributed by atoms with E-state index >= 15 is 0 Å². The number of carbonyl (C=O) groups excluding carboxylic acids is 2. The van der Waals surface area contributed by atoms with Crippen LogP contribution in [-0.4, -0.2) is 49.5 Å². The molecule has 0 aliphatic heterocycles. The number of benzene rings is 1. The molecule has 0 unspecified atom stereocenters. The van der Waals surface area contributed by atoms with Crippen LogP contribution < -0.4 is 15.4 Å². The number of anilines is 1. The average molecular weight is 396 g/mol. The number of likely N-dealkylation sites (N-methyl/N-ethyl adjacent to an activating group) is 1. The Morgan fingerprint density at radius 1 is 1.33 bits per heavy atom. The summed E-state index contributed by atoms with van der Waals surface area (Å²) in [5.74, 6) is 0.763. The van der Waals surface area contributed by atoms with Crippen LogP contribution in [0.4, 0.5) is 5.69 Å². The summed E-state index contributed by atoms with van der Waals surface area (Å²) in [4.78, 5) is 26.7. The molecule has 0 aromatic heterocycles. The predicted molar refractivity (Wildman–Crippen MR) is 108 cm³/mol. The Hall–Kier alpha value is -1.79. The monoisotopic (exact) mass is 395 g/mol. The number of nitrogens with one attached hydrogen (secondary N) is 2. The fourth-order valence-electron chi connectivity index (χ4n) is 3.37. The Bertz CT molecular complexity index is 668. The molecule has 2 amide bonds. The molecule has 0 bridgehead atoms. The van der Waals surface area contributed by atoms with Gasteiger partial charge in [0.05, 0.1) is 25.4 Å². The molecule has 0 radical (unpaired) electrons.